The van der Waals surface area contributed by atoms with Crippen molar-refractivity contribution in [2.75, 3.05) is 16.2 Å². The van der Waals surface area contributed by atoms with Crippen molar-refractivity contribution >= 4 is 48.3 Å². The number of anilines is 2. The van der Waals surface area contributed by atoms with Crippen LogP contribution in [0.3, 0.4) is 0 Å². The lowest BCUT2D eigenvalue weighted by Crippen LogP contribution is -2.35. The summed E-state index contributed by atoms with van der Waals surface area (Å²) in [5.74, 6) is 0.0909. The van der Waals surface area contributed by atoms with Crippen LogP contribution in [0.1, 0.15) is 47.7 Å². The van der Waals surface area contributed by atoms with E-state index in [1.54, 1.807) is 12.1 Å². The van der Waals surface area contributed by atoms with Gasteiger partial charge in [0.25, 0.3) is 15.9 Å². The minimum Gasteiger partial charge on any atom is -0.298 e. The highest BCUT2D eigenvalue weighted by Gasteiger charge is 2.29. The van der Waals surface area contributed by atoms with E-state index in [-0.39, 0.29) is 10.8 Å². The maximum absolute atomic E-state index is 13.3. The largest absolute Gasteiger partial charge is 0.298 e. The first-order chi connectivity index (χ1) is 16.3. The molecule has 1 aliphatic rings. The second-order valence-corrected chi connectivity index (χ2v) is 11.6. The third kappa shape index (κ3) is 4.19. The summed E-state index contributed by atoms with van der Waals surface area (Å²) in [5.41, 5.74) is 4.20. The number of hydrogen-bond acceptors (Lipinski definition) is 5. The maximum atomic E-state index is 13.3. The van der Waals surface area contributed by atoms with E-state index in [4.69, 9.17) is 0 Å². The van der Waals surface area contributed by atoms with Gasteiger partial charge in [0.1, 0.15) is 0 Å². The monoisotopic (exact) mass is 491 g/mol. The molecule has 1 aromatic heterocycles. The number of amides is 1. The summed E-state index contributed by atoms with van der Waals surface area (Å²) < 4.78 is 29.1. The number of aromatic nitrogens is 1. The third-order valence-corrected chi connectivity index (χ3v) is 8.83. The van der Waals surface area contributed by atoms with E-state index in [0.717, 1.165) is 34.3 Å². The Bertz CT molecular complexity index is 1470. The summed E-state index contributed by atoms with van der Waals surface area (Å²) in [6.45, 7) is 4.72. The summed E-state index contributed by atoms with van der Waals surface area (Å²) in [4.78, 5) is 17.5. The van der Waals surface area contributed by atoms with Crippen molar-refractivity contribution in [3.05, 3.63) is 83.4 Å². The molecule has 0 saturated carbocycles. The molecule has 0 bridgehead atoms. The second-order valence-electron chi connectivity index (χ2n) is 8.69. The van der Waals surface area contributed by atoms with Gasteiger partial charge in [-0.15, -0.1) is 0 Å². The molecule has 3 aromatic carbocycles. The van der Waals surface area contributed by atoms with E-state index in [1.807, 2.05) is 30.3 Å². The molecule has 1 aliphatic heterocycles. The number of hydrogen-bond donors (Lipinski definition) is 1. The standard InChI is InChI=1S/C26H25N3O3S2/c1-17(2)20-11-14-22-24(16-20)33-26(27-22)28-25(30)19-9-12-21(13-10-19)34(31,32)29-15-5-7-18-6-3-4-8-23(18)29/h3-4,6,8-14,16-17H,5,7,15H2,1-2H3,(H,27,28,30). The fourth-order valence-electron chi connectivity index (χ4n) is 4.18. The molecule has 1 N–H and O–H groups in total. The van der Waals surface area contributed by atoms with Gasteiger partial charge < -0.3 is 0 Å². The molecule has 6 nitrogen and oxygen atoms in total. The first-order valence-corrected chi connectivity index (χ1v) is 13.5. The highest BCUT2D eigenvalue weighted by molar-refractivity contribution is 7.92. The number of carbonyl (C=O) groups is 1. The normalized spacial score (nSPS) is 13.8. The Labute approximate surface area is 203 Å². The van der Waals surface area contributed by atoms with Crippen LogP contribution in [0.5, 0.6) is 0 Å². The lowest BCUT2D eigenvalue weighted by Gasteiger charge is -2.30. The van der Waals surface area contributed by atoms with Crippen molar-refractivity contribution in [2.24, 2.45) is 0 Å². The Kier molecular flexibility index (Phi) is 5.87. The smallest absolute Gasteiger partial charge is 0.264 e. The molecule has 0 radical (unpaired) electrons. The Morgan fingerprint density at radius 3 is 2.59 bits per heavy atom. The number of carbonyl (C=O) groups excluding carboxylic acids is 1. The third-order valence-electron chi connectivity index (χ3n) is 6.07. The van der Waals surface area contributed by atoms with Gasteiger partial charge in [-0.1, -0.05) is 49.4 Å². The van der Waals surface area contributed by atoms with Crippen LogP contribution < -0.4 is 9.62 Å². The molecule has 0 aliphatic carbocycles. The van der Waals surface area contributed by atoms with Crippen LogP contribution in [-0.2, 0) is 16.4 Å². The molecule has 0 spiro atoms. The van der Waals surface area contributed by atoms with Gasteiger partial charge in [0.05, 0.1) is 20.8 Å². The number of para-hydroxylation sites is 1. The van der Waals surface area contributed by atoms with E-state index >= 15 is 0 Å². The minimum atomic E-state index is -3.71. The van der Waals surface area contributed by atoms with Crippen molar-refractivity contribution in [3.8, 4) is 0 Å². The van der Waals surface area contributed by atoms with Crippen LogP contribution in [0.25, 0.3) is 10.2 Å². The van der Waals surface area contributed by atoms with Gasteiger partial charge in [0.15, 0.2) is 5.13 Å². The number of rotatable bonds is 5. The number of thiazole rings is 1. The number of aryl methyl sites for hydroxylation is 1. The Morgan fingerprint density at radius 2 is 1.82 bits per heavy atom. The van der Waals surface area contributed by atoms with Crippen LogP contribution in [0, 0.1) is 0 Å². The molecule has 0 fully saturated rings. The summed E-state index contributed by atoms with van der Waals surface area (Å²) >= 11 is 1.43. The number of sulfonamides is 1. The molecule has 34 heavy (non-hydrogen) atoms. The Balaban J connectivity index is 1.35. The van der Waals surface area contributed by atoms with Crippen LogP contribution in [-0.4, -0.2) is 25.9 Å². The Morgan fingerprint density at radius 1 is 1.06 bits per heavy atom. The van der Waals surface area contributed by atoms with Gasteiger partial charge in [0.2, 0.25) is 0 Å². The second kappa shape index (κ2) is 8.85. The van der Waals surface area contributed by atoms with Crippen LogP contribution >= 0.6 is 11.3 Å². The highest BCUT2D eigenvalue weighted by Crippen LogP contribution is 2.32. The predicted molar refractivity (Wildman–Crippen MR) is 137 cm³/mol. The molecular weight excluding hydrogens is 466 g/mol. The SMILES string of the molecule is CC(C)c1ccc2nc(NC(=O)c3ccc(S(=O)(=O)N4CCCc5ccccc54)cc3)sc2c1. The molecule has 8 heteroatoms. The molecule has 174 valence electrons. The first kappa shape index (κ1) is 22.6. The molecule has 2 heterocycles. The molecule has 5 rings (SSSR count). The zero-order valence-electron chi connectivity index (χ0n) is 19.0. The molecular formula is C26H25N3O3S2. The summed E-state index contributed by atoms with van der Waals surface area (Å²) in [6, 6.07) is 19.8. The van der Waals surface area contributed by atoms with Gasteiger partial charge in [-0.25, -0.2) is 13.4 Å². The van der Waals surface area contributed by atoms with Gasteiger partial charge in [-0.2, -0.15) is 0 Å². The zero-order chi connectivity index (χ0) is 23.9. The van der Waals surface area contributed by atoms with Gasteiger partial charge in [0, 0.05) is 12.1 Å². The quantitative estimate of drug-likeness (QED) is 0.382. The highest BCUT2D eigenvalue weighted by atomic mass is 32.2. The van der Waals surface area contributed by atoms with Crippen molar-refractivity contribution in [1.82, 2.24) is 4.98 Å². The minimum absolute atomic E-state index is 0.168. The van der Waals surface area contributed by atoms with Gasteiger partial charge in [-0.05, 0) is 72.4 Å². The number of nitrogens with zero attached hydrogens (tertiary/aromatic N) is 2. The fourth-order valence-corrected chi connectivity index (χ4v) is 6.63. The Hall–Kier alpha value is -3.23. The molecule has 4 aromatic rings. The van der Waals surface area contributed by atoms with Crippen LogP contribution in [0.4, 0.5) is 10.8 Å². The molecule has 1 amide bonds. The number of benzene rings is 3. The summed E-state index contributed by atoms with van der Waals surface area (Å²) in [6.07, 6.45) is 1.64. The van der Waals surface area contributed by atoms with Crippen molar-refractivity contribution in [1.29, 1.82) is 0 Å². The lowest BCUT2D eigenvalue weighted by atomic mass is 10.0. The maximum Gasteiger partial charge on any atom is 0.264 e. The van der Waals surface area contributed by atoms with E-state index in [9.17, 15) is 13.2 Å². The van der Waals surface area contributed by atoms with E-state index in [0.29, 0.717) is 23.2 Å². The lowest BCUT2D eigenvalue weighted by molar-refractivity contribution is 0.102. The fraction of sp³-hybridized carbons (Fsp3) is 0.231. The molecule has 0 atom stereocenters. The van der Waals surface area contributed by atoms with Crippen LogP contribution in [0.15, 0.2) is 71.6 Å². The van der Waals surface area contributed by atoms with Gasteiger partial charge in [-0.3, -0.25) is 14.4 Å². The molecule has 0 saturated heterocycles. The topological polar surface area (TPSA) is 79.4 Å². The average molecular weight is 492 g/mol. The number of nitrogens with one attached hydrogen (secondary N) is 1. The number of fused-ring (bicyclic) bond motifs is 2. The average Bonchev–Trinajstić information content (AvgIpc) is 3.25. The van der Waals surface area contributed by atoms with Crippen molar-refractivity contribution in [2.45, 2.75) is 37.5 Å². The van der Waals surface area contributed by atoms with E-state index < -0.39 is 10.0 Å². The van der Waals surface area contributed by atoms with E-state index in [1.165, 1.54) is 33.3 Å². The van der Waals surface area contributed by atoms with Gasteiger partial charge >= 0.3 is 0 Å². The predicted octanol–water partition coefficient (Wildman–Crippen LogP) is 5.81. The van der Waals surface area contributed by atoms with Crippen LogP contribution in [0.2, 0.25) is 0 Å². The van der Waals surface area contributed by atoms with Crippen molar-refractivity contribution < 1.29 is 13.2 Å². The zero-order valence-corrected chi connectivity index (χ0v) is 20.6. The summed E-state index contributed by atoms with van der Waals surface area (Å²) in [7, 11) is -3.71. The molecule has 0 unspecified atom stereocenters. The summed E-state index contributed by atoms with van der Waals surface area (Å²) in [5, 5.41) is 3.36. The van der Waals surface area contributed by atoms with Crippen molar-refractivity contribution in [3.63, 3.8) is 0 Å². The first-order valence-electron chi connectivity index (χ1n) is 11.3. The van der Waals surface area contributed by atoms with E-state index in [2.05, 4.69) is 36.3 Å².